The Morgan fingerprint density at radius 2 is 1.60 bits per heavy atom. The van der Waals surface area contributed by atoms with Crippen molar-refractivity contribution in [3.05, 3.63) is 101 Å². The molecular formula is C31H27ClN2O9. The first-order chi connectivity index (χ1) is 20.4. The summed E-state index contributed by atoms with van der Waals surface area (Å²) in [5, 5.41) is 38.9. The number of methoxy groups -OCH3 is 1. The van der Waals surface area contributed by atoms with E-state index in [0.29, 0.717) is 10.6 Å². The lowest BCUT2D eigenvalue weighted by Gasteiger charge is -2.18. The third kappa shape index (κ3) is 9.38. The van der Waals surface area contributed by atoms with E-state index in [1.165, 1.54) is 0 Å². The summed E-state index contributed by atoms with van der Waals surface area (Å²) >= 11 is 6.07. The fourth-order valence-electron chi connectivity index (χ4n) is 3.84. The van der Waals surface area contributed by atoms with Crippen LogP contribution < -0.4 is 10.1 Å². The van der Waals surface area contributed by atoms with Gasteiger partial charge in [-0.05, 0) is 72.3 Å². The number of ketones is 1. The number of aliphatic hydroxyl groups is 1. The van der Waals surface area contributed by atoms with Gasteiger partial charge in [-0.3, -0.25) is 19.4 Å². The summed E-state index contributed by atoms with van der Waals surface area (Å²) in [4.78, 5) is 47.3. The number of fused-ring (bicyclic) bond motifs is 1. The molecule has 5 N–H and O–H groups in total. The molecule has 222 valence electrons. The van der Waals surface area contributed by atoms with Crippen molar-refractivity contribution in [1.82, 2.24) is 4.98 Å². The van der Waals surface area contributed by atoms with E-state index in [2.05, 4.69) is 10.3 Å². The fourth-order valence-corrected chi connectivity index (χ4v) is 4.01. The number of pyridine rings is 1. The number of rotatable bonds is 11. The predicted octanol–water partition coefficient (Wildman–Crippen LogP) is 5.29. The number of aliphatic carboxylic acids is 3. The zero-order valence-electron chi connectivity index (χ0n) is 22.7. The van der Waals surface area contributed by atoms with Crippen LogP contribution in [0.15, 0.2) is 85.1 Å². The number of carboxylic acids is 3. The highest BCUT2D eigenvalue weighted by Gasteiger charge is 2.40. The number of halogens is 1. The van der Waals surface area contributed by atoms with E-state index >= 15 is 0 Å². The summed E-state index contributed by atoms with van der Waals surface area (Å²) in [5.41, 5.74) is 1.47. The lowest BCUT2D eigenvalue weighted by molar-refractivity contribution is -0.170. The van der Waals surface area contributed by atoms with Gasteiger partial charge in [0.1, 0.15) is 5.75 Å². The number of carboxylic acid groups (broad SMARTS) is 3. The summed E-state index contributed by atoms with van der Waals surface area (Å²) in [5.74, 6) is -4.36. The van der Waals surface area contributed by atoms with Gasteiger partial charge in [-0.1, -0.05) is 29.8 Å². The second kappa shape index (κ2) is 14.6. The maximum absolute atomic E-state index is 12.4. The van der Waals surface area contributed by atoms with E-state index in [0.717, 1.165) is 33.6 Å². The zero-order valence-corrected chi connectivity index (χ0v) is 23.5. The van der Waals surface area contributed by atoms with Crippen molar-refractivity contribution in [2.24, 2.45) is 0 Å². The monoisotopic (exact) mass is 606 g/mol. The average Bonchev–Trinajstić information content (AvgIpc) is 2.95. The normalized spacial score (nSPS) is 11.0. The first-order valence-corrected chi connectivity index (χ1v) is 12.9. The summed E-state index contributed by atoms with van der Waals surface area (Å²) in [6.07, 6.45) is 2.84. The third-order valence-electron chi connectivity index (χ3n) is 5.96. The molecule has 43 heavy (non-hydrogen) atoms. The van der Waals surface area contributed by atoms with Crippen LogP contribution in [0.4, 0.5) is 11.4 Å². The first kappa shape index (κ1) is 32.3. The Morgan fingerprint density at radius 3 is 2.21 bits per heavy atom. The molecule has 0 atom stereocenters. The molecule has 0 aliphatic heterocycles. The van der Waals surface area contributed by atoms with Crippen LogP contribution >= 0.6 is 11.6 Å². The van der Waals surface area contributed by atoms with Gasteiger partial charge in [-0.25, -0.2) is 4.79 Å². The van der Waals surface area contributed by atoms with Crippen LogP contribution in [0.1, 0.15) is 28.8 Å². The van der Waals surface area contributed by atoms with Crippen molar-refractivity contribution in [2.45, 2.75) is 18.4 Å². The Labute approximate surface area is 250 Å². The summed E-state index contributed by atoms with van der Waals surface area (Å²) in [7, 11) is 1.60. The minimum atomic E-state index is -2.74. The summed E-state index contributed by atoms with van der Waals surface area (Å²) in [6.45, 7) is 0. The zero-order chi connectivity index (χ0) is 31.6. The Kier molecular flexibility index (Phi) is 10.9. The van der Waals surface area contributed by atoms with E-state index in [1.807, 2.05) is 54.6 Å². The van der Waals surface area contributed by atoms with E-state index < -0.39 is 36.4 Å². The van der Waals surface area contributed by atoms with Crippen molar-refractivity contribution in [3.8, 4) is 5.75 Å². The van der Waals surface area contributed by atoms with E-state index in [1.54, 1.807) is 43.6 Å². The second-order valence-electron chi connectivity index (χ2n) is 9.17. The molecule has 0 radical (unpaired) electrons. The number of anilines is 2. The van der Waals surface area contributed by atoms with Crippen LogP contribution in [0.2, 0.25) is 5.02 Å². The molecule has 0 aliphatic rings. The van der Waals surface area contributed by atoms with Crippen LogP contribution in [0.25, 0.3) is 17.0 Å². The number of aromatic nitrogens is 1. The van der Waals surface area contributed by atoms with Crippen LogP contribution in [0, 0.1) is 0 Å². The van der Waals surface area contributed by atoms with E-state index in [-0.39, 0.29) is 5.78 Å². The van der Waals surface area contributed by atoms with Crippen molar-refractivity contribution in [3.63, 3.8) is 0 Å². The van der Waals surface area contributed by atoms with Gasteiger partial charge in [-0.2, -0.15) is 0 Å². The fraction of sp³-hybridized carbons (Fsp3) is 0.129. The molecule has 0 unspecified atom stereocenters. The molecule has 0 fully saturated rings. The van der Waals surface area contributed by atoms with Crippen molar-refractivity contribution < 1.29 is 44.3 Å². The lowest BCUT2D eigenvalue weighted by atomic mass is 9.96. The van der Waals surface area contributed by atoms with Crippen molar-refractivity contribution in [1.29, 1.82) is 0 Å². The van der Waals surface area contributed by atoms with Gasteiger partial charge >= 0.3 is 17.9 Å². The Morgan fingerprint density at radius 1 is 0.930 bits per heavy atom. The maximum Gasteiger partial charge on any atom is 0.336 e. The molecule has 0 aliphatic carbocycles. The second-order valence-corrected chi connectivity index (χ2v) is 9.61. The number of nitrogens with one attached hydrogen (secondary N) is 1. The molecule has 0 saturated carbocycles. The quantitative estimate of drug-likeness (QED) is 0.110. The van der Waals surface area contributed by atoms with Crippen LogP contribution in [0.5, 0.6) is 5.75 Å². The molecule has 4 rings (SSSR count). The van der Waals surface area contributed by atoms with Gasteiger partial charge in [0.25, 0.3) is 0 Å². The number of hydrogen-bond donors (Lipinski definition) is 5. The number of carbonyl (C=O) groups excluding carboxylic acids is 1. The average molecular weight is 607 g/mol. The van der Waals surface area contributed by atoms with Crippen LogP contribution in [0.3, 0.4) is 0 Å². The molecule has 1 heterocycles. The highest BCUT2D eigenvalue weighted by atomic mass is 35.5. The van der Waals surface area contributed by atoms with Gasteiger partial charge in [0, 0.05) is 33.5 Å². The van der Waals surface area contributed by atoms with Crippen LogP contribution in [-0.4, -0.2) is 61.8 Å². The van der Waals surface area contributed by atoms with Gasteiger partial charge in [0.15, 0.2) is 11.4 Å². The van der Waals surface area contributed by atoms with Gasteiger partial charge in [-0.15, -0.1) is 0 Å². The van der Waals surface area contributed by atoms with Crippen molar-refractivity contribution >= 4 is 63.6 Å². The molecule has 1 aromatic heterocycles. The number of allylic oxidation sites excluding steroid dienone is 1. The van der Waals surface area contributed by atoms with E-state index in [4.69, 9.17) is 36.8 Å². The third-order valence-corrected chi connectivity index (χ3v) is 6.19. The first-order valence-electron chi connectivity index (χ1n) is 12.6. The predicted molar refractivity (Wildman–Crippen MR) is 160 cm³/mol. The van der Waals surface area contributed by atoms with E-state index in [9.17, 15) is 19.2 Å². The highest BCUT2D eigenvalue weighted by molar-refractivity contribution is 6.31. The minimum absolute atomic E-state index is 0.0620. The van der Waals surface area contributed by atoms with Gasteiger partial charge in [0.05, 0.1) is 25.5 Å². The molecule has 0 spiro atoms. The number of ether oxygens (including phenoxy) is 1. The van der Waals surface area contributed by atoms with Gasteiger partial charge < -0.3 is 30.5 Å². The molecule has 0 bridgehead atoms. The smallest absolute Gasteiger partial charge is 0.336 e. The number of carbonyl (C=O) groups is 4. The molecule has 12 heteroatoms. The standard InChI is InChI=1S/C25H19ClN2O2.C6H8O7/c1-30-21-9-6-18(7-10-21)25(29)12-5-17-3-2-4-20(15-17)28-23-13-14-27-24-16-19(26)8-11-22(23)24;7-3(8)1-6(13,5(11)12)2-4(9)10/h2-16H,1H3,(H,27,28);13H,1-2H2,(H,7,8)(H,9,10)(H,11,12)/b12-5+;. The molecular weight excluding hydrogens is 580 g/mol. The Bertz CT molecular complexity index is 1650. The van der Waals surface area contributed by atoms with Gasteiger partial charge in [0.2, 0.25) is 0 Å². The molecule has 3 aromatic carbocycles. The molecule has 11 nitrogen and oxygen atoms in total. The number of hydrogen-bond acceptors (Lipinski definition) is 8. The maximum atomic E-state index is 12.4. The molecule has 4 aromatic rings. The molecule has 0 saturated heterocycles. The number of benzene rings is 3. The summed E-state index contributed by atoms with van der Waals surface area (Å²) in [6, 6.07) is 22.5. The topological polar surface area (TPSA) is 183 Å². The van der Waals surface area contributed by atoms with Crippen LogP contribution in [-0.2, 0) is 14.4 Å². The number of nitrogens with zero attached hydrogens (tertiary/aromatic N) is 1. The largest absolute Gasteiger partial charge is 0.497 e. The summed E-state index contributed by atoms with van der Waals surface area (Å²) < 4.78 is 5.13. The Balaban J connectivity index is 0.000000331. The minimum Gasteiger partial charge on any atom is -0.497 e. The SMILES string of the molecule is COc1ccc(C(=O)/C=C/c2cccc(Nc3ccnc4cc(Cl)ccc34)c2)cc1.O=C(O)CC(O)(CC(=O)O)C(=O)O. The Hall–Kier alpha value is -5.26. The highest BCUT2D eigenvalue weighted by Crippen LogP contribution is 2.27. The molecule has 0 amide bonds. The lowest BCUT2D eigenvalue weighted by Crippen LogP contribution is -2.42. The van der Waals surface area contributed by atoms with Crippen molar-refractivity contribution in [2.75, 3.05) is 12.4 Å².